The number of methoxy groups -OCH3 is 1. The molecule has 0 N–H and O–H groups in total. The van der Waals surface area contributed by atoms with E-state index in [0.717, 1.165) is 11.2 Å². The fourth-order valence-corrected chi connectivity index (χ4v) is 1.22. The summed E-state index contributed by atoms with van der Waals surface area (Å²) in [6, 6.07) is 0. The van der Waals surface area contributed by atoms with Crippen LogP contribution in [0.25, 0.3) is 0 Å². The van der Waals surface area contributed by atoms with E-state index in [-0.39, 0.29) is 0 Å². The Morgan fingerprint density at radius 3 is 1.50 bits per heavy atom. The molecule has 0 aromatic carbocycles. The van der Waals surface area contributed by atoms with Crippen LogP contribution in [-0.4, -0.2) is 38.0 Å². The van der Waals surface area contributed by atoms with Crippen LogP contribution in [0.3, 0.4) is 0 Å². The minimum absolute atomic E-state index is 0.851. The molecule has 0 fully saturated rings. The van der Waals surface area contributed by atoms with E-state index in [0.29, 0.717) is 0 Å². The van der Waals surface area contributed by atoms with Crippen molar-refractivity contribution in [2.75, 3.05) is 33.5 Å². The summed E-state index contributed by atoms with van der Waals surface area (Å²) in [4.78, 5) is 0. The second-order valence-electron chi connectivity index (χ2n) is 2.71. The molecule has 0 aromatic rings. The molecular formula is C8H20NO+. The van der Waals surface area contributed by atoms with Crippen molar-refractivity contribution in [3.8, 4) is 0 Å². The molecule has 0 aliphatic carbocycles. The summed E-state index contributed by atoms with van der Waals surface area (Å²) in [5.41, 5.74) is 0. The number of hydrogen-bond acceptors (Lipinski definition) is 1. The number of quaternary nitrogens is 1. The zero-order chi connectivity index (χ0) is 8.04. The van der Waals surface area contributed by atoms with Crippen molar-refractivity contribution >= 4 is 0 Å². The van der Waals surface area contributed by atoms with Gasteiger partial charge in [0.1, 0.15) is 0 Å². The molecule has 0 saturated carbocycles. The van der Waals surface area contributed by atoms with Crippen LogP contribution >= 0.6 is 0 Å². The van der Waals surface area contributed by atoms with E-state index < -0.39 is 0 Å². The van der Waals surface area contributed by atoms with Crippen molar-refractivity contribution < 1.29 is 9.22 Å². The Labute approximate surface area is 64.4 Å². The normalized spacial score (nSPS) is 12.0. The molecule has 0 aromatic heterocycles. The van der Waals surface area contributed by atoms with E-state index in [1.165, 1.54) is 19.6 Å². The predicted molar refractivity (Wildman–Crippen MR) is 43.8 cm³/mol. The van der Waals surface area contributed by atoms with Gasteiger partial charge < -0.3 is 9.22 Å². The van der Waals surface area contributed by atoms with E-state index in [9.17, 15) is 0 Å². The third-order valence-electron chi connectivity index (χ3n) is 2.42. The predicted octanol–water partition coefficient (Wildman–Crippen LogP) is 1.47. The molecule has 0 bridgehead atoms. The summed E-state index contributed by atoms with van der Waals surface area (Å²) < 4.78 is 6.23. The summed E-state index contributed by atoms with van der Waals surface area (Å²) >= 11 is 0. The second kappa shape index (κ2) is 4.69. The number of nitrogens with zero attached hydrogens (tertiary/aromatic N) is 1. The Morgan fingerprint density at radius 2 is 1.40 bits per heavy atom. The molecule has 0 spiro atoms. The highest BCUT2D eigenvalue weighted by Gasteiger charge is 2.19. The van der Waals surface area contributed by atoms with Crippen LogP contribution in [0.5, 0.6) is 0 Å². The second-order valence-corrected chi connectivity index (χ2v) is 2.71. The molecule has 0 atom stereocenters. The minimum Gasteiger partial charge on any atom is -0.335 e. The van der Waals surface area contributed by atoms with Crippen LogP contribution < -0.4 is 0 Å². The molecule has 0 aliphatic rings. The Kier molecular flexibility index (Phi) is 4.65. The van der Waals surface area contributed by atoms with Crippen LogP contribution in [0.1, 0.15) is 20.8 Å². The van der Waals surface area contributed by atoms with E-state index in [1.54, 1.807) is 7.11 Å². The number of ether oxygens (including phenoxy) is 1. The largest absolute Gasteiger partial charge is 0.335 e. The van der Waals surface area contributed by atoms with Gasteiger partial charge in [-0.05, 0) is 20.8 Å². The standard InChI is InChI=1S/C8H20NO/c1-5-9(6-2,7-3)8-10-4/h5-8H2,1-4H3/q+1. The smallest absolute Gasteiger partial charge is 0.182 e. The first-order chi connectivity index (χ1) is 4.74. The lowest BCUT2D eigenvalue weighted by Crippen LogP contribution is -2.48. The molecule has 0 rings (SSSR count). The molecular weight excluding hydrogens is 126 g/mol. The lowest BCUT2D eigenvalue weighted by atomic mass is 10.4. The van der Waals surface area contributed by atoms with Gasteiger partial charge in [0.05, 0.1) is 19.6 Å². The Bertz CT molecular complexity index is 71.1. The Hall–Kier alpha value is -0.0800. The molecule has 2 nitrogen and oxygen atoms in total. The molecule has 0 saturated heterocycles. The monoisotopic (exact) mass is 146 g/mol. The quantitative estimate of drug-likeness (QED) is 0.421. The first-order valence-electron chi connectivity index (χ1n) is 4.08. The summed E-state index contributed by atoms with van der Waals surface area (Å²) in [6.07, 6.45) is 0. The third kappa shape index (κ3) is 2.27. The van der Waals surface area contributed by atoms with Gasteiger partial charge in [-0.2, -0.15) is 0 Å². The lowest BCUT2D eigenvalue weighted by molar-refractivity contribution is -0.940. The van der Waals surface area contributed by atoms with E-state index in [2.05, 4.69) is 20.8 Å². The molecule has 0 aliphatic heterocycles. The molecule has 0 unspecified atom stereocenters. The molecule has 2 heteroatoms. The SMILES string of the molecule is CC[N+](CC)(CC)COC. The molecule has 10 heavy (non-hydrogen) atoms. The van der Waals surface area contributed by atoms with Gasteiger partial charge in [-0.1, -0.05) is 0 Å². The third-order valence-corrected chi connectivity index (χ3v) is 2.42. The molecule has 0 radical (unpaired) electrons. The topological polar surface area (TPSA) is 9.23 Å². The Balaban J connectivity index is 3.87. The van der Waals surface area contributed by atoms with Gasteiger partial charge in [0.15, 0.2) is 6.73 Å². The fourth-order valence-electron chi connectivity index (χ4n) is 1.22. The van der Waals surface area contributed by atoms with Crippen LogP contribution in [0.4, 0.5) is 0 Å². The summed E-state index contributed by atoms with van der Waals surface area (Å²) in [5.74, 6) is 0. The van der Waals surface area contributed by atoms with Crippen molar-refractivity contribution in [3.05, 3.63) is 0 Å². The van der Waals surface area contributed by atoms with E-state index >= 15 is 0 Å². The first kappa shape index (κ1) is 9.92. The number of rotatable bonds is 5. The fraction of sp³-hybridized carbons (Fsp3) is 1.00. The maximum absolute atomic E-state index is 5.15. The van der Waals surface area contributed by atoms with Crippen molar-refractivity contribution in [1.82, 2.24) is 0 Å². The van der Waals surface area contributed by atoms with Gasteiger partial charge in [-0.3, -0.25) is 0 Å². The highest BCUT2D eigenvalue weighted by atomic mass is 16.5. The van der Waals surface area contributed by atoms with Crippen molar-refractivity contribution in [1.29, 1.82) is 0 Å². The van der Waals surface area contributed by atoms with Crippen molar-refractivity contribution in [2.24, 2.45) is 0 Å². The van der Waals surface area contributed by atoms with E-state index in [4.69, 9.17) is 4.74 Å². The van der Waals surface area contributed by atoms with Crippen LogP contribution in [0, 0.1) is 0 Å². The first-order valence-corrected chi connectivity index (χ1v) is 4.08. The van der Waals surface area contributed by atoms with Gasteiger partial charge in [-0.15, -0.1) is 0 Å². The Morgan fingerprint density at radius 1 is 1.00 bits per heavy atom. The maximum atomic E-state index is 5.15. The highest BCUT2D eigenvalue weighted by molar-refractivity contribution is 4.28. The summed E-state index contributed by atoms with van der Waals surface area (Å²) in [7, 11) is 1.77. The molecule has 0 heterocycles. The van der Waals surface area contributed by atoms with Gasteiger partial charge in [0.2, 0.25) is 0 Å². The zero-order valence-corrected chi connectivity index (χ0v) is 7.68. The van der Waals surface area contributed by atoms with Crippen LogP contribution in [-0.2, 0) is 4.74 Å². The number of hydrogen-bond donors (Lipinski definition) is 0. The van der Waals surface area contributed by atoms with Gasteiger partial charge >= 0.3 is 0 Å². The average Bonchev–Trinajstić information content (AvgIpc) is 2.01. The average molecular weight is 146 g/mol. The molecule has 0 amide bonds. The zero-order valence-electron chi connectivity index (χ0n) is 7.68. The van der Waals surface area contributed by atoms with Gasteiger partial charge in [-0.25, -0.2) is 0 Å². The lowest BCUT2D eigenvalue weighted by Gasteiger charge is -2.34. The molecule has 62 valence electrons. The van der Waals surface area contributed by atoms with Crippen LogP contribution in [0.2, 0.25) is 0 Å². The summed E-state index contributed by atoms with van der Waals surface area (Å²) in [6.45, 7) is 11.0. The van der Waals surface area contributed by atoms with Gasteiger partial charge in [0, 0.05) is 7.11 Å². The summed E-state index contributed by atoms with van der Waals surface area (Å²) in [5, 5.41) is 0. The van der Waals surface area contributed by atoms with Crippen molar-refractivity contribution in [2.45, 2.75) is 20.8 Å². The highest BCUT2D eigenvalue weighted by Crippen LogP contribution is 2.04. The van der Waals surface area contributed by atoms with Crippen LogP contribution in [0.15, 0.2) is 0 Å². The van der Waals surface area contributed by atoms with Crippen molar-refractivity contribution in [3.63, 3.8) is 0 Å². The maximum Gasteiger partial charge on any atom is 0.182 e. The van der Waals surface area contributed by atoms with E-state index in [1.807, 2.05) is 0 Å². The van der Waals surface area contributed by atoms with Gasteiger partial charge in [0.25, 0.3) is 0 Å². The minimum atomic E-state index is 0.851.